The van der Waals surface area contributed by atoms with Crippen LogP contribution in [-0.2, 0) is 13.0 Å². The molecule has 2 atom stereocenters. The monoisotopic (exact) mass is 298 g/mol. The number of nitrogens with one attached hydrogen (secondary N) is 1. The van der Waals surface area contributed by atoms with E-state index in [1.165, 1.54) is 17.7 Å². The summed E-state index contributed by atoms with van der Waals surface area (Å²) in [6, 6.07) is 15.0. The molecule has 3 nitrogen and oxygen atoms in total. The first-order valence-electron chi connectivity index (χ1n) is 7.89. The van der Waals surface area contributed by atoms with Gasteiger partial charge < -0.3 is 14.4 Å². The van der Waals surface area contributed by atoms with Crippen LogP contribution in [0.3, 0.4) is 0 Å². The summed E-state index contributed by atoms with van der Waals surface area (Å²) in [4.78, 5) is 1.55. The minimum atomic E-state index is 0.494. The SMILES string of the molecule is COc1cc2c(cc1OCc1ccccc1)[C@H](C)[NH+](C)CC2. The first-order chi connectivity index (χ1) is 10.7. The number of fused-ring (bicyclic) bond motifs is 1. The largest absolute Gasteiger partial charge is 0.493 e. The zero-order valence-corrected chi connectivity index (χ0v) is 13.6. The summed E-state index contributed by atoms with van der Waals surface area (Å²) in [5, 5.41) is 0. The van der Waals surface area contributed by atoms with Crippen LogP contribution in [0.25, 0.3) is 0 Å². The lowest BCUT2D eigenvalue weighted by Gasteiger charge is -2.30. The number of likely N-dealkylation sites (N-methyl/N-ethyl adjacent to an activating group) is 1. The maximum Gasteiger partial charge on any atom is 0.162 e. The van der Waals surface area contributed by atoms with Crippen LogP contribution in [0.2, 0.25) is 0 Å². The van der Waals surface area contributed by atoms with Gasteiger partial charge in [0.2, 0.25) is 0 Å². The summed E-state index contributed by atoms with van der Waals surface area (Å²) in [7, 11) is 3.96. The van der Waals surface area contributed by atoms with Crippen molar-refractivity contribution in [1.29, 1.82) is 0 Å². The van der Waals surface area contributed by atoms with Crippen LogP contribution in [0.1, 0.15) is 29.7 Å². The van der Waals surface area contributed by atoms with E-state index >= 15 is 0 Å². The van der Waals surface area contributed by atoms with Gasteiger partial charge in [0.25, 0.3) is 0 Å². The molecular weight excluding hydrogens is 274 g/mol. The smallest absolute Gasteiger partial charge is 0.162 e. The van der Waals surface area contributed by atoms with Crippen LogP contribution in [0, 0.1) is 0 Å². The predicted octanol–water partition coefficient (Wildman–Crippen LogP) is 2.41. The Bertz CT molecular complexity index is 639. The highest BCUT2D eigenvalue weighted by molar-refractivity contribution is 5.48. The topological polar surface area (TPSA) is 22.9 Å². The van der Waals surface area contributed by atoms with Crippen LogP contribution in [-0.4, -0.2) is 20.7 Å². The van der Waals surface area contributed by atoms with E-state index < -0.39 is 0 Å². The molecule has 2 aromatic carbocycles. The normalized spacial score (nSPS) is 20.3. The average molecular weight is 298 g/mol. The first kappa shape index (κ1) is 14.9. The molecule has 0 aromatic heterocycles. The van der Waals surface area contributed by atoms with Crippen molar-refractivity contribution < 1.29 is 14.4 Å². The zero-order valence-electron chi connectivity index (χ0n) is 13.6. The molecule has 0 bridgehead atoms. The Kier molecular flexibility index (Phi) is 4.34. The highest BCUT2D eigenvalue weighted by atomic mass is 16.5. The second-order valence-electron chi connectivity index (χ2n) is 6.04. The molecule has 116 valence electrons. The zero-order chi connectivity index (χ0) is 15.5. The lowest BCUT2D eigenvalue weighted by molar-refractivity contribution is -0.912. The van der Waals surface area contributed by atoms with Crippen LogP contribution in [0.4, 0.5) is 0 Å². The van der Waals surface area contributed by atoms with Crippen molar-refractivity contribution in [2.45, 2.75) is 26.0 Å². The van der Waals surface area contributed by atoms with E-state index in [-0.39, 0.29) is 0 Å². The minimum Gasteiger partial charge on any atom is -0.493 e. The molecule has 0 amide bonds. The van der Waals surface area contributed by atoms with Gasteiger partial charge in [0.15, 0.2) is 11.5 Å². The van der Waals surface area contributed by atoms with Gasteiger partial charge in [-0.2, -0.15) is 0 Å². The van der Waals surface area contributed by atoms with Crippen molar-refractivity contribution in [1.82, 2.24) is 0 Å². The standard InChI is InChI=1S/C19H23NO2/c1-14-17-12-19(22-13-15-7-5-4-6-8-15)18(21-3)11-16(17)9-10-20(14)2/h4-8,11-12,14H,9-10,13H2,1-3H3/p+1/t14-/m0/s1. The Labute approximate surface area is 132 Å². The van der Waals surface area contributed by atoms with Gasteiger partial charge in [0.05, 0.1) is 20.7 Å². The molecule has 3 rings (SSSR count). The Hall–Kier alpha value is -2.00. The second-order valence-corrected chi connectivity index (χ2v) is 6.04. The lowest BCUT2D eigenvalue weighted by Crippen LogP contribution is -3.10. The van der Waals surface area contributed by atoms with Gasteiger partial charge in [-0.15, -0.1) is 0 Å². The fourth-order valence-corrected chi connectivity index (χ4v) is 3.06. The summed E-state index contributed by atoms with van der Waals surface area (Å²) in [5.41, 5.74) is 3.94. The molecule has 0 saturated carbocycles. The third kappa shape index (κ3) is 2.95. The number of quaternary nitrogens is 1. The highest BCUT2D eigenvalue weighted by Gasteiger charge is 2.26. The molecular formula is C19H24NO2+. The van der Waals surface area contributed by atoms with Gasteiger partial charge in [0.1, 0.15) is 12.6 Å². The molecule has 3 heteroatoms. The Morgan fingerprint density at radius 2 is 1.91 bits per heavy atom. The van der Waals surface area contributed by atoms with Crippen LogP contribution in [0.15, 0.2) is 42.5 Å². The molecule has 1 heterocycles. The van der Waals surface area contributed by atoms with E-state index in [1.54, 1.807) is 12.0 Å². The summed E-state index contributed by atoms with van der Waals surface area (Å²) < 4.78 is 11.6. The molecule has 1 unspecified atom stereocenters. The maximum absolute atomic E-state index is 6.03. The van der Waals surface area contributed by atoms with E-state index in [0.29, 0.717) is 12.6 Å². The minimum absolute atomic E-state index is 0.494. The van der Waals surface area contributed by atoms with Crippen molar-refractivity contribution in [2.75, 3.05) is 20.7 Å². The van der Waals surface area contributed by atoms with Gasteiger partial charge >= 0.3 is 0 Å². The number of ether oxygens (including phenoxy) is 2. The van der Waals surface area contributed by atoms with Crippen LogP contribution < -0.4 is 14.4 Å². The number of hydrogen-bond acceptors (Lipinski definition) is 2. The number of methoxy groups -OCH3 is 1. The van der Waals surface area contributed by atoms with E-state index in [1.807, 2.05) is 18.2 Å². The van der Waals surface area contributed by atoms with Gasteiger partial charge in [-0.3, -0.25) is 0 Å². The summed E-state index contributed by atoms with van der Waals surface area (Å²) in [6.45, 7) is 4.01. The molecule has 22 heavy (non-hydrogen) atoms. The lowest BCUT2D eigenvalue weighted by atomic mass is 9.93. The molecule has 0 aliphatic carbocycles. The predicted molar refractivity (Wildman–Crippen MR) is 87.6 cm³/mol. The van der Waals surface area contributed by atoms with Crippen molar-refractivity contribution in [2.24, 2.45) is 0 Å². The van der Waals surface area contributed by atoms with E-state index in [9.17, 15) is 0 Å². The quantitative estimate of drug-likeness (QED) is 0.937. The summed E-state index contributed by atoms with van der Waals surface area (Å²) in [5.74, 6) is 1.67. The van der Waals surface area contributed by atoms with E-state index in [0.717, 1.165) is 23.5 Å². The fourth-order valence-electron chi connectivity index (χ4n) is 3.06. The molecule has 1 N–H and O–H groups in total. The Morgan fingerprint density at radius 3 is 2.64 bits per heavy atom. The number of hydrogen-bond donors (Lipinski definition) is 1. The van der Waals surface area contributed by atoms with Gasteiger partial charge in [-0.1, -0.05) is 30.3 Å². The van der Waals surface area contributed by atoms with Crippen molar-refractivity contribution in [3.63, 3.8) is 0 Å². The van der Waals surface area contributed by atoms with Crippen molar-refractivity contribution in [3.05, 3.63) is 59.2 Å². The van der Waals surface area contributed by atoms with Crippen molar-refractivity contribution in [3.8, 4) is 11.5 Å². The fraction of sp³-hybridized carbons (Fsp3) is 0.368. The first-order valence-corrected chi connectivity index (χ1v) is 7.89. The van der Waals surface area contributed by atoms with Gasteiger partial charge in [-0.05, 0) is 30.2 Å². The Morgan fingerprint density at radius 1 is 1.14 bits per heavy atom. The third-order valence-corrected chi connectivity index (χ3v) is 4.66. The van der Waals surface area contributed by atoms with Crippen molar-refractivity contribution >= 4 is 0 Å². The average Bonchev–Trinajstić information content (AvgIpc) is 2.57. The molecule has 1 aliphatic heterocycles. The molecule has 0 spiro atoms. The second kappa shape index (κ2) is 6.41. The molecule has 1 aliphatic rings. The van der Waals surface area contributed by atoms with Crippen LogP contribution in [0.5, 0.6) is 11.5 Å². The molecule has 0 fully saturated rings. The van der Waals surface area contributed by atoms with Gasteiger partial charge in [0, 0.05) is 12.0 Å². The number of rotatable bonds is 4. The third-order valence-electron chi connectivity index (χ3n) is 4.66. The summed E-state index contributed by atoms with van der Waals surface area (Å²) >= 11 is 0. The molecule has 0 radical (unpaired) electrons. The molecule has 0 saturated heterocycles. The molecule has 2 aromatic rings. The maximum atomic E-state index is 6.03. The summed E-state index contributed by atoms with van der Waals surface area (Å²) in [6.07, 6.45) is 1.10. The van der Waals surface area contributed by atoms with E-state index in [2.05, 4.69) is 38.2 Å². The van der Waals surface area contributed by atoms with E-state index in [4.69, 9.17) is 9.47 Å². The van der Waals surface area contributed by atoms with Crippen LogP contribution >= 0.6 is 0 Å². The number of benzene rings is 2. The highest BCUT2D eigenvalue weighted by Crippen LogP contribution is 2.34. The Balaban J connectivity index is 1.86. The van der Waals surface area contributed by atoms with Gasteiger partial charge in [-0.25, -0.2) is 0 Å².